The van der Waals surface area contributed by atoms with Gasteiger partial charge in [0.1, 0.15) is 6.26 Å². The number of hydrogen-bond donors (Lipinski definition) is 1. The molecule has 21 heavy (non-hydrogen) atoms. The predicted molar refractivity (Wildman–Crippen MR) is 78.7 cm³/mol. The Morgan fingerprint density at radius 3 is 3.19 bits per heavy atom. The van der Waals surface area contributed by atoms with Crippen LogP contribution in [0.15, 0.2) is 47.5 Å². The highest BCUT2D eigenvalue weighted by atomic mass is 16.3. The van der Waals surface area contributed by atoms with E-state index in [9.17, 15) is 4.79 Å². The molecular formula is C16H19N3O2. The second-order valence-corrected chi connectivity index (χ2v) is 5.42. The number of nitrogens with one attached hydrogen (secondary N) is 1. The van der Waals surface area contributed by atoms with Crippen LogP contribution < -0.4 is 5.32 Å². The molecule has 1 atom stereocenters. The fraction of sp³-hybridized carbons (Fsp3) is 0.375. The molecule has 0 saturated carbocycles. The maximum absolute atomic E-state index is 12.0. The van der Waals surface area contributed by atoms with E-state index in [1.54, 1.807) is 12.3 Å². The first kappa shape index (κ1) is 13.8. The van der Waals surface area contributed by atoms with Gasteiger partial charge in [-0.3, -0.25) is 14.7 Å². The molecule has 1 aliphatic rings. The molecule has 3 heterocycles. The molecule has 3 rings (SSSR count). The molecule has 2 aromatic heterocycles. The lowest BCUT2D eigenvalue weighted by molar-refractivity contribution is 0.0900. The number of carbonyl (C=O) groups excluding carboxylic acids is 1. The summed E-state index contributed by atoms with van der Waals surface area (Å²) in [5.74, 6) is -0.0584. The van der Waals surface area contributed by atoms with E-state index >= 15 is 0 Å². The van der Waals surface area contributed by atoms with Crippen molar-refractivity contribution in [2.75, 3.05) is 13.1 Å². The van der Waals surface area contributed by atoms with Crippen LogP contribution in [0.5, 0.6) is 0 Å². The van der Waals surface area contributed by atoms with Crippen LogP contribution in [0.25, 0.3) is 0 Å². The van der Waals surface area contributed by atoms with Crippen LogP contribution in [-0.4, -0.2) is 34.9 Å². The molecule has 1 fully saturated rings. The Morgan fingerprint density at radius 2 is 2.43 bits per heavy atom. The van der Waals surface area contributed by atoms with Crippen molar-refractivity contribution in [3.05, 3.63) is 54.2 Å². The van der Waals surface area contributed by atoms with Crippen LogP contribution in [0.3, 0.4) is 0 Å². The molecule has 5 heteroatoms. The van der Waals surface area contributed by atoms with Crippen LogP contribution in [0.1, 0.15) is 28.8 Å². The maximum atomic E-state index is 12.0. The Bertz CT molecular complexity index is 568. The van der Waals surface area contributed by atoms with Gasteiger partial charge in [-0.05, 0) is 37.1 Å². The summed E-state index contributed by atoms with van der Waals surface area (Å²) in [6.07, 6.45) is 8.79. The quantitative estimate of drug-likeness (QED) is 0.934. The second-order valence-electron chi connectivity index (χ2n) is 5.42. The lowest BCUT2D eigenvalue weighted by Crippen LogP contribution is -2.47. The number of rotatable bonds is 4. The number of nitrogens with zero attached hydrogens (tertiary/aromatic N) is 2. The fourth-order valence-corrected chi connectivity index (χ4v) is 2.73. The van der Waals surface area contributed by atoms with E-state index in [4.69, 9.17) is 4.42 Å². The van der Waals surface area contributed by atoms with E-state index in [2.05, 4.69) is 21.3 Å². The third-order valence-corrected chi connectivity index (χ3v) is 3.75. The van der Waals surface area contributed by atoms with Crippen molar-refractivity contribution in [1.29, 1.82) is 0 Å². The summed E-state index contributed by atoms with van der Waals surface area (Å²) in [6, 6.07) is 5.92. The minimum atomic E-state index is -0.0584. The van der Waals surface area contributed by atoms with Gasteiger partial charge >= 0.3 is 0 Å². The smallest absolute Gasteiger partial charge is 0.254 e. The van der Waals surface area contributed by atoms with Crippen molar-refractivity contribution in [1.82, 2.24) is 15.2 Å². The fourth-order valence-electron chi connectivity index (χ4n) is 2.73. The Kier molecular flexibility index (Phi) is 4.31. The Labute approximate surface area is 124 Å². The minimum Gasteiger partial charge on any atom is -0.472 e. The maximum Gasteiger partial charge on any atom is 0.254 e. The van der Waals surface area contributed by atoms with Crippen LogP contribution in [0, 0.1) is 0 Å². The molecule has 1 amide bonds. The molecule has 1 unspecified atom stereocenters. The Hall–Kier alpha value is -2.14. The van der Waals surface area contributed by atoms with E-state index < -0.39 is 0 Å². The molecule has 5 nitrogen and oxygen atoms in total. The van der Waals surface area contributed by atoms with E-state index in [-0.39, 0.29) is 11.9 Å². The minimum absolute atomic E-state index is 0.0584. The summed E-state index contributed by atoms with van der Waals surface area (Å²) in [6.45, 7) is 2.82. The molecule has 0 aliphatic carbocycles. The van der Waals surface area contributed by atoms with E-state index in [0.717, 1.165) is 32.5 Å². The Morgan fingerprint density at radius 1 is 1.48 bits per heavy atom. The second kappa shape index (κ2) is 6.54. The van der Waals surface area contributed by atoms with Gasteiger partial charge < -0.3 is 9.73 Å². The summed E-state index contributed by atoms with van der Waals surface area (Å²) in [5, 5.41) is 3.08. The molecule has 110 valence electrons. The normalized spacial score (nSPS) is 19.3. The van der Waals surface area contributed by atoms with E-state index in [1.807, 2.05) is 12.3 Å². The molecule has 1 saturated heterocycles. The first-order valence-electron chi connectivity index (χ1n) is 7.25. The van der Waals surface area contributed by atoms with Crippen LogP contribution >= 0.6 is 0 Å². The largest absolute Gasteiger partial charge is 0.472 e. The van der Waals surface area contributed by atoms with Crippen LogP contribution in [-0.2, 0) is 6.54 Å². The lowest BCUT2D eigenvalue weighted by Gasteiger charge is -2.33. The van der Waals surface area contributed by atoms with Crippen LogP contribution in [0.4, 0.5) is 0 Å². The summed E-state index contributed by atoms with van der Waals surface area (Å²) < 4.78 is 4.95. The van der Waals surface area contributed by atoms with Gasteiger partial charge in [-0.1, -0.05) is 6.07 Å². The van der Waals surface area contributed by atoms with Crippen LogP contribution in [0.2, 0.25) is 0 Å². The van der Waals surface area contributed by atoms with E-state index in [1.165, 1.54) is 18.1 Å². The zero-order valence-electron chi connectivity index (χ0n) is 11.9. The van der Waals surface area contributed by atoms with Gasteiger partial charge in [0.05, 0.1) is 11.8 Å². The van der Waals surface area contributed by atoms with Crippen molar-refractivity contribution < 1.29 is 9.21 Å². The van der Waals surface area contributed by atoms with Gasteiger partial charge in [0.15, 0.2) is 0 Å². The number of hydrogen-bond acceptors (Lipinski definition) is 4. The average molecular weight is 285 g/mol. The molecule has 0 radical (unpaired) electrons. The first-order chi connectivity index (χ1) is 10.3. The predicted octanol–water partition coefficient (Wildman–Crippen LogP) is 2.07. The standard InChI is InChI=1S/C16H19N3O2/c20-16(14-5-8-21-12-14)18-15-4-2-7-19(11-15)10-13-3-1-6-17-9-13/h1,3,5-6,8-9,12,15H,2,4,7,10-11H2,(H,18,20). The monoisotopic (exact) mass is 285 g/mol. The van der Waals surface area contributed by atoms with Crippen molar-refractivity contribution in [3.8, 4) is 0 Å². The highest BCUT2D eigenvalue weighted by Gasteiger charge is 2.22. The molecule has 2 aromatic rings. The number of aromatic nitrogens is 1. The molecule has 1 aliphatic heterocycles. The zero-order valence-corrected chi connectivity index (χ0v) is 11.9. The third kappa shape index (κ3) is 3.70. The van der Waals surface area contributed by atoms with E-state index in [0.29, 0.717) is 5.56 Å². The zero-order chi connectivity index (χ0) is 14.5. The first-order valence-corrected chi connectivity index (χ1v) is 7.25. The van der Waals surface area contributed by atoms with Gasteiger partial charge in [-0.15, -0.1) is 0 Å². The van der Waals surface area contributed by atoms with Gasteiger partial charge in [0.2, 0.25) is 0 Å². The molecule has 0 spiro atoms. The highest BCUT2D eigenvalue weighted by molar-refractivity contribution is 5.93. The number of piperidine rings is 1. The lowest BCUT2D eigenvalue weighted by atomic mass is 10.0. The number of furan rings is 1. The van der Waals surface area contributed by atoms with Gasteiger partial charge in [0, 0.05) is 31.5 Å². The van der Waals surface area contributed by atoms with Gasteiger partial charge in [-0.25, -0.2) is 0 Å². The molecule has 1 N–H and O–H groups in total. The van der Waals surface area contributed by atoms with Gasteiger partial charge in [-0.2, -0.15) is 0 Å². The molecule has 0 aromatic carbocycles. The number of amides is 1. The summed E-state index contributed by atoms with van der Waals surface area (Å²) in [4.78, 5) is 18.5. The van der Waals surface area contributed by atoms with Gasteiger partial charge in [0.25, 0.3) is 5.91 Å². The topological polar surface area (TPSA) is 58.4 Å². The third-order valence-electron chi connectivity index (χ3n) is 3.75. The molecular weight excluding hydrogens is 266 g/mol. The average Bonchev–Trinajstić information content (AvgIpc) is 3.03. The highest BCUT2D eigenvalue weighted by Crippen LogP contribution is 2.14. The SMILES string of the molecule is O=C(NC1CCCN(Cc2cccnc2)C1)c1ccoc1. The number of carbonyl (C=O) groups is 1. The summed E-state index contributed by atoms with van der Waals surface area (Å²) in [5.41, 5.74) is 1.79. The number of pyridine rings is 1. The summed E-state index contributed by atoms with van der Waals surface area (Å²) >= 11 is 0. The van der Waals surface area contributed by atoms with Crippen molar-refractivity contribution in [3.63, 3.8) is 0 Å². The van der Waals surface area contributed by atoms with Crippen molar-refractivity contribution in [2.24, 2.45) is 0 Å². The Balaban J connectivity index is 1.55. The van der Waals surface area contributed by atoms with Crippen molar-refractivity contribution >= 4 is 5.91 Å². The molecule has 0 bridgehead atoms. The van der Waals surface area contributed by atoms with Crippen molar-refractivity contribution in [2.45, 2.75) is 25.4 Å². The summed E-state index contributed by atoms with van der Waals surface area (Å²) in [7, 11) is 0. The number of likely N-dealkylation sites (tertiary alicyclic amines) is 1.